The van der Waals surface area contributed by atoms with Gasteiger partial charge in [-0.2, -0.15) is 0 Å². The van der Waals surface area contributed by atoms with Crippen molar-refractivity contribution in [2.75, 3.05) is 0 Å². The van der Waals surface area contributed by atoms with Gasteiger partial charge in [-0.3, -0.25) is 4.79 Å². The third kappa shape index (κ3) is 1.25. The van der Waals surface area contributed by atoms with Gasteiger partial charge in [-0.05, 0) is 31.7 Å². The van der Waals surface area contributed by atoms with Crippen LogP contribution in [0, 0.1) is 24.7 Å². The molecule has 1 aliphatic rings. The Balaban J connectivity index is 2.61. The minimum Gasteiger partial charge on any atom is -0.299 e. The first kappa shape index (κ1) is 13.3. The molecule has 0 unspecified atom stereocenters. The topological polar surface area (TPSA) is 17.1 Å². The van der Waals surface area contributed by atoms with Crippen molar-refractivity contribution in [1.82, 2.24) is 0 Å². The Kier molecular flexibility index (Phi) is 2.56. The fraction of sp³-hybridized carbons (Fsp3) is 0.588. The van der Waals surface area contributed by atoms with E-state index in [0.717, 1.165) is 0 Å². The number of hydrogen-bond donors (Lipinski definition) is 0. The number of ketones is 1. The predicted octanol–water partition coefficient (Wildman–Crippen LogP) is 4.20. The van der Waals surface area contributed by atoms with Crippen LogP contribution in [0.5, 0.6) is 0 Å². The lowest BCUT2D eigenvalue weighted by Crippen LogP contribution is -2.19. The molecule has 1 aliphatic carbocycles. The Morgan fingerprint density at radius 3 is 1.72 bits per heavy atom. The lowest BCUT2D eigenvalue weighted by molar-refractivity contribution is -0.122. The van der Waals surface area contributed by atoms with Crippen LogP contribution >= 0.6 is 0 Å². The van der Waals surface area contributed by atoms with Gasteiger partial charge in [0.2, 0.25) is 0 Å². The molecule has 2 rings (SSSR count). The van der Waals surface area contributed by atoms with E-state index < -0.39 is 0 Å². The normalized spacial score (nSPS) is 33.3. The average Bonchev–Trinajstić information content (AvgIpc) is 2.59. The number of aryl methyl sites for hydroxylation is 2. The van der Waals surface area contributed by atoms with E-state index in [-0.39, 0.29) is 16.2 Å². The van der Waals surface area contributed by atoms with Gasteiger partial charge in [0.05, 0.1) is 0 Å². The quantitative estimate of drug-likeness (QED) is 0.762. The molecule has 0 saturated heterocycles. The molecule has 1 saturated carbocycles. The van der Waals surface area contributed by atoms with E-state index in [1.165, 1.54) is 16.7 Å². The summed E-state index contributed by atoms with van der Waals surface area (Å²) in [5, 5.41) is 0. The van der Waals surface area contributed by atoms with E-state index in [9.17, 15) is 4.79 Å². The summed E-state index contributed by atoms with van der Waals surface area (Å²) in [5.41, 5.74) is 3.58. The maximum absolute atomic E-state index is 12.1. The van der Waals surface area contributed by atoms with Crippen molar-refractivity contribution in [3.8, 4) is 0 Å². The maximum Gasteiger partial charge on any atom is 0.137 e. The molecule has 18 heavy (non-hydrogen) atoms. The molecule has 0 spiro atoms. The van der Waals surface area contributed by atoms with Crippen molar-refractivity contribution < 1.29 is 4.79 Å². The van der Waals surface area contributed by atoms with E-state index >= 15 is 0 Å². The number of Topliss-reactive ketones (excluding diaryl/α,β-unsaturated/α-hetero) is 1. The highest BCUT2D eigenvalue weighted by Crippen LogP contribution is 2.78. The molecule has 0 amide bonds. The fourth-order valence-electron chi connectivity index (χ4n) is 4.05. The highest BCUT2D eigenvalue weighted by atomic mass is 16.1. The van der Waals surface area contributed by atoms with Gasteiger partial charge in [-0.1, -0.05) is 57.0 Å². The van der Waals surface area contributed by atoms with Crippen LogP contribution in [0.4, 0.5) is 0 Å². The van der Waals surface area contributed by atoms with E-state index in [0.29, 0.717) is 5.78 Å². The molecule has 0 aliphatic heterocycles. The van der Waals surface area contributed by atoms with Crippen molar-refractivity contribution in [3.05, 3.63) is 34.9 Å². The fourth-order valence-corrected chi connectivity index (χ4v) is 4.05. The van der Waals surface area contributed by atoms with Gasteiger partial charge in [-0.15, -0.1) is 0 Å². The largest absolute Gasteiger partial charge is 0.299 e. The van der Waals surface area contributed by atoms with Gasteiger partial charge in [0.25, 0.3) is 0 Å². The van der Waals surface area contributed by atoms with Gasteiger partial charge < -0.3 is 0 Å². The van der Waals surface area contributed by atoms with Gasteiger partial charge >= 0.3 is 0 Å². The van der Waals surface area contributed by atoms with Crippen LogP contribution in [0.3, 0.4) is 0 Å². The third-order valence-corrected chi connectivity index (χ3v) is 5.94. The van der Waals surface area contributed by atoms with Crippen molar-refractivity contribution in [1.29, 1.82) is 0 Å². The lowest BCUT2D eigenvalue weighted by atomic mass is 9.85. The summed E-state index contributed by atoms with van der Waals surface area (Å²) < 4.78 is 0. The molecule has 0 N–H and O–H groups in total. The Hall–Kier alpha value is -1.11. The highest BCUT2D eigenvalue weighted by molar-refractivity contribution is 5.90. The molecule has 0 heterocycles. The van der Waals surface area contributed by atoms with Gasteiger partial charge in [0.1, 0.15) is 5.78 Å². The molecule has 1 heteroatoms. The monoisotopic (exact) mass is 244 g/mol. The summed E-state index contributed by atoms with van der Waals surface area (Å²) in [5.74, 6) is 0.300. The van der Waals surface area contributed by atoms with E-state index in [2.05, 4.69) is 59.7 Å². The number of hydrogen-bond acceptors (Lipinski definition) is 1. The molecule has 1 aromatic rings. The lowest BCUT2D eigenvalue weighted by Gasteiger charge is -2.18. The summed E-state index contributed by atoms with van der Waals surface area (Å²) in [6, 6.07) is 6.67. The van der Waals surface area contributed by atoms with E-state index in [1.54, 1.807) is 6.92 Å². The minimum absolute atomic E-state index is 0.0199. The zero-order chi connectivity index (χ0) is 13.9. The number of rotatable bonds is 2. The number of carbonyl (C=O) groups excluding carboxylic acids is 1. The van der Waals surface area contributed by atoms with Crippen LogP contribution in [0.1, 0.15) is 51.3 Å². The Labute approximate surface area is 111 Å². The molecular weight excluding hydrogens is 220 g/mol. The molecule has 0 bridgehead atoms. The van der Waals surface area contributed by atoms with E-state index in [1.807, 2.05) is 0 Å². The van der Waals surface area contributed by atoms with Crippen LogP contribution in [0.15, 0.2) is 18.2 Å². The second-order valence-electron chi connectivity index (χ2n) is 6.81. The second-order valence-corrected chi connectivity index (χ2v) is 6.81. The SMILES string of the molecule is CC(=O)[C@]1(C)C(C)(C)[C@@]1(C)c1cc(C)cc(C)c1. The molecule has 0 aromatic heterocycles. The maximum atomic E-state index is 12.1. The minimum atomic E-state index is -0.250. The van der Waals surface area contributed by atoms with Crippen LogP contribution in [0.25, 0.3) is 0 Å². The zero-order valence-electron chi connectivity index (χ0n) is 12.6. The standard InChI is InChI=1S/C17H24O/c1-11-8-12(2)10-14(9-11)17(7)15(4,5)16(17,6)13(3)18/h8-10H,1-7H3/t16-,17-/m1/s1. The summed E-state index contributed by atoms with van der Waals surface area (Å²) in [4.78, 5) is 12.1. The van der Waals surface area contributed by atoms with E-state index in [4.69, 9.17) is 0 Å². The van der Waals surface area contributed by atoms with Gasteiger partial charge in [0, 0.05) is 10.8 Å². The molecule has 1 nitrogen and oxygen atoms in total. The number of benzene rings is 1. The molecule has 98 valence electrons. The number of carbonyl (C=O) groups is 1. The molecule has 0 radical (unpaired) electrons. The highest BCUT2D eigenvalue weighted by Gasteiger charge is 2.79. The molecule has 1 fully saturated rings. The summed E-state index contributed by atoms with van der Waals surface area (Å²) in [6.07, 6.45) is 0. The van der Waals surface area contributed by atoms with Crippen molar-refractivity contribution >= 4 is 5.78 Å². The summed E-state index contributed by atoms with van der Waals surface area (Å²) in [6.45, 7) is 14.8. The van der Waals surface area contributed by atoms with Crippen molar-refractivity contribution in [2.45, 2.75) is 53.9 Å². The van der Waals surface area contributed by atoms with Gasteiger partial charge in [-0.25, -0.2) is 0 Å². The predicted molar refractivity (Wildman–Crippen MR) is 75.8 cm³/mol. The zero-order valence-corrected chi connectivity index (χ0v) is 12.6. The first-order valence-corrected chi connectivity index (χ1v) is 6.69. The summed E-state index contributed by atoms with van der Waals surface area (Å²) in [7, 11) is 0. The van der Waals surface area contributed by atoms with Crippen LogP contribution in [-0.2, 0) is 10.2 Å². The Morgan fingerprint density at radius 2 is 1.39 bits per heavy atom. The van der Waals surface area contributed by atoms with Crippen LogP contribution < -0.4 is 0 Å². The molecule has 2 atom stereocenters. The second kappa shape index (κ2) is 3.46. The van der Waals surface area contributed by atoms with Crippen LogP contribution in [0.2, 0.25) is 0 Å². The molecule has 1 aromatic carbocycles. The van der Waals surface area contributed by atoms with Crippen molar-refractivity contribution in [2.24, 2.45) is 10.8 Å². The Bertz CT molecular complexity index is 506. The first-order chi connectivity index (χ1) is 8.09. The third-order valence-electron chi connectivity index (χ3n) is 5.94. The average molecular weight is 244 g/mol. The first-order valence-electron chi connectivity index (χ1n) is 6.69. The van der Waals surface area contributed by atoms with Gasteiger partial charge in [0.15, 0.2) is 0 Å². The Morgan fingerprint density at radius 1 is 0.944 bits per heavy atom. The smallest absolute Gasteiger partial charge is 0.137 e. The summed E-state index contributed by atoms with van der Waals surface area (Å²) >= 11 is 0. The van der Waals surface area contributed by atoms with Crippen molar-refractivity contribution in [3.63, 3.8) is 0 Å². The molecular formula is C17H24O. The van der Waals surface area contributed by atoms with Crippen LogP contribution in [-0.4, -0.2) is 5.78 Å².